The summed E-state index contributed by atoms with van der Waals surface area (Å²) in [7, 11) is 0. The average Bonchev–Trinajstić information content (AvgIpc) is 2.83. The Balaban J connectivity index is 1.43. The van der Waals surface area contributed by atoms with Crippen molar-refractivity contribution in [1.29, 1.82) is 5.26 Å². The molecule has 2 aromatic rings. The fourth-order valence-corrected chi connectivity index (χ4v) is 4.34. The molecule has 4 rings (SSSR count). The molecule has 2 aromatic carbocycles. The van der Waals surface area contributed by atoms with Crippen molar-refractivity contribution in [3.05, 3.63) is 65.2 Å². The number of carbonyl (C=O) groups excluding carboxylic acids is 1. The molecular formula is C25H29N3O3. The lowest BCUT2D eigenvalue weighted by Gasteiger charge is -2.39. The van der Waals surface area contributed by atoms with Crippen LogP contribution >= 0.6 is 0 Å². The molecule has 0 aromatic heterocycles. The van der Waals surface area contributed by atoms with Crippen LogP contribution < -0.4 is 4.74 Å². The Labute approximate surface area is 184 Å². The van der Waals surface area contributed by atoms with Gasteiger partial charge in [0.2, 0.25) is 0 Å². The van der Waals surface area contributed by atoms with Crippen LogP contribution in [0.3, 0.4) is 0 Å². The number of hydrogen-bond acceptors (Lipinski definition) is 5. The molecule has 2 saturated heterocycles. The molecular weight excluding hydrogens is 390 g/mol. The quantitative estimate of drug-likeness (QED) is 0.717. The third-order valence-electron chi connectivity index (χ3n) is 6.07. The number of nitriles is 1. The molecule has 6 heteroatoms. The van der Waals surface area contributed by atoms with E-state index in [0.717, 1.165) is 57.8 Å². The van der Waals surface area contributed by atoms with Crippen molar-refractivity contribution >= 4 is 5.91 Å². The van der Waals surface area contributed by atoms with E-state index in [2.05, 4.69) is 11.0 Å². The van der Waals surface area contributed by atoms with Gasteiger partial charge in [0.1, 0.15) is 12.4 Å². The van der Waals surface area contributed by atoms with Gasteiger partial charge in [-0.3, -0.25) is 9.69 Å². The van der Waals surface area contributed by atoms with E-state index < -0.39 is 0 Å². The Hall–Kier alpha value is -2.88. The third kappa shape index (κ3) is 5.43. The molecule has 0 aliphatic carbocycles. The van der Waals surface area contributed by atoms with E-state index in [1.54, 1.807) is 6.07 Å². The van der Waals surface area contributed by atoms with Crippen LogP contribution in [-0.4, -0.2) is 61.1 Å². The maximum atomic E-state index is 13.4. The second-order valence-electron chi connectivity index (χ2n) is 8.15. The number of nitrogens with zero attached hydrogens (tertiary/aromatic N) is 3. The van der Waals surface area contributed by atoms with E-state index in [1.165, 1.54) is 6.42 Å². The highest BCUT2D eigenvalue weighted by molar-refractivity contribution is 5.95. The molecule has 0 saturated carbocycles. The zero-order valence-electron chi connectivity index (χ0n) is 17.8. The lowest BCUT2D eigenvalue weighted by Crippen LogP contribution is -2.51. The van der Waals surface area contributed by atoms with Gasteiger partial charge in [-0.05, 0) is 43.5 Å². The van der Waals surface area contributed by atoms with E-state index in [-0.39, 0.29) is 11.9 Å². The van der Waals surface area contributed by atoms with Crippen molar-refractivity contribution in [2.75, 3.05) is 39.4 Å². The molecule has 2 fully saturated rings. The van der Waals surface area contributed by atoms with Crippen molar-refractivity contribution in [2.24, 2.45) is 0 Å². The third-order valence-corrected chi connectivity index (χ3v) is 6.07. The van der Waals surface area contributed by atoms with Gasteiger partial charge in [0.25, 0.3) is 5.91 Å². The number of ether oxygens (including phenoxy) is 2. The van der Waals surface area contributed by atoms with Gasteiger partial charge in [-0.1, -0.05) is 24.3 Å². The highest BCUT2D eigenvalue weighted by Gasteiger charge is 2.29. The molecule has 0 radical (unpaired) electrons. The summed E-state index contributed by atoms with van der Waals surface area (Å²) in [6.07, 6.45) is 3.26. The summed E-state index contributed by atoms with van der Waals surface area (Å²) in [5, 5.41) is 9.25. The van der Waals surface area contributed by atoms with Crippen LogP contribution in [0.4, 0.5) is 0 Å². The SMILES string of the molecule is N#Cc1ccccc1COc1cccc(C(=O)N2CCCC[C@H]2CN2CCOCC2)c1. The molecule has 0 unspecified atom stereocenters. The lowest BCUT2D eigenvalue weighted by atomic mass is 10.00. The molecule has 1 amide bonds. The summed E-state index contributed by atoms with van der Waals surface area (Å²) < 4.78 is 11.4. The second-order valence-corrected chi connectivity index (χ2v) is 8.15. The summed E-state index contributed by atoms with van der Waals surface area (Å²) in [5.41, 5.74) is 2.09. The van der Waals surface area contributed by atoms with Crippen LogP contribution in [0.1, 0.15) is 40.7 Å². The minimum Gasteiger partial charge on any atom is -0.489 e. The Morgan fingerprint density at radius 1 is 1.10 bits per heavy atom. The average molecular weight is 420 g/mol. The molecule has 2 aliphatic heterocycles. The Bertz CT molecular complexity index is 934. The number of rotatable bonds is 6. The van der Waals surface area contributed by atoms with E-state index in [0.29, 0.717) is 23.5 Å². The van der Waals surface area contributed by atoms with Gasteiger partial charge in [0, 0.05) is 43.3 Å². The van der Waals surface area contributed by atoms with E-state index >= 15 is 0 Å². The van der Waals surface area contributed by atoms with E-state index in [1.807, 2.05) is 47.4 Å². The highest BCUT2D eigenvalue weighted by Crippen LogP contribution is 2.23. The smallest absolute Gasteiger partial charge is 0.254 e. The summed E-state index contributed by atoms with van der Waals surface area (Å²) in [4.78, 5) is 17.8. The molecule has 2 aliphatic rings. The zero-order valence-corrected chi connectivity index (χ0v) is 17.8. The van der Waals surface area contributed by atoms with Gasteiger partial charge in [-0.15, -0.1) is 0 Å². The van der Waals surface area contributed by atoms with Crippen LogP contribution in [0.25, 0.3) is 0 Å². The summed E-state index contributed by atoms with van der Waals surface area (Å²) in [6, 6.07) is 17.2. The first-order chi connectivity index (χ1) is 15.2. The number of hydrogen-bond donors (Lipinski definition) is 0. The molecule has 0 bridgehead atoms. The number of piperidine rings is 1. The maximum Gasteiger partial charge on any atom is 0.254 e. The van der Waals surface area contributed by atoms with E-state index in [9.17, 15) is 10.1 Å². The van der Waals surface area contributed by atoms with Gasteiger partial charge < -0.3 is 14.4 Å². The largest absolute Gasteiger partial charge is 0.489 e. The number of likely N-dealkylation sites (tertiary alicyclic amines) is 1. The van der Waals surface area contributed by atoms with E-state index in [4.69, 9.17) is 9.47 Å². The predicted octanol–water partition coefficient (Wildman–Crippen LogP) is 3.46. The van der Waals surface area contributed by atoms with Crippen molar-refractivity contribution in [1.82, 2.24) is 9.80 Å². The maximum absolute atomic E-state index is 13.4. The van der Waals surface area contributed by atoms with Crippen molar-refractivity contribution in [3.8, 4) is 11.8 Å². The Kier molecular flexibility index (Phi) is 7.18. The van der Waals surface area contributed by atoms with Gasteiger partial charge in [0.05, 0.1) is 24.8 Å². The van der Waals surface area contributed by atoms with Crippen LogP contribution in [0.5, 0.6) is 5.75 Å². The van der Waals surface area contributed by atoms with Gasteiger partial charge in [-0.2, -0.15) is 5.26 Å². The molecule has 0 N–H and O–H groups in total. The molecule has 31 heavy (non-hydrogen) atoms. The minimum atomic E-state index is 0.0702. The van der Waals surface area contributed by atoms with Crippen molar-refractivity contribution < 1.29 is 14.3 Å². The topological polar surface area (TPSA) is 65.8 Å². The summed E-state index contributed by atoms with van der Waals surface area (Å²) in [5.74, 6) is 0.709. The first kappa shape index (κ1) is 21.4. The number of morpholine rings is 1. The fourth-order valence-electron chi connectivity index (χ4n) is 4.34. The van der Waals surface area contributed by atoms with Crippen LogP contribution in [0.2, 0.25) is 0 Å². The minimum absolute atomic E-state index is 0.0702. The Morgan fingerprint density at radius 3 is 2.77 bits per heavy atom. The summed E-state index contributed by atoms with van der Waals surface area (Å²) in [6.45, 7) is 5.43. The highest BCUT2D eigenvalue weighted by atomic mass is 16.5. The molecule has 6 nitrogen and oxygen atoms in total. The lowest BCUT2D eigenvalue weighted by molar-refractivity contribution is 0.0166. The standard InChI is InChI=1S/C25H29N3O3/c26-17-21-6-1-2-7-22(21)19-31-24-10-5-8-20(16-24)25(29)28-11-4-3-9-23(28)18-27-12-14-30-15-13-27/h1-2,5-8,10,16,23H,3-4,9,11-15,18-19H2/t23-/m0/s1. The molecule has 0 spiro atoms. The number of carbonyl (C=O) groups is 1. The van der Waals surface area contributed by atoms with Crippen molar-refractivity contribution in [2.45, 2.75) is 31.9 Å². The summed E-state index contributed by atoms with van der Waals surface area (Å²) >= 11 is 0. The molecule has 1 atom stereocenters. The number of benzene rings is 2. The fraction of sp³-hybridized carbons (Fsp3) is 0.440. The Morgan fingerprint density at radius 2 is 1.94 bits per heavy atom. The first-order valence-electron chi connectivity index (χ1n) is 11.1. The second kappa shape index (κ2) is 10.4. The van der Waals surface area contributed by atoms with Crippen LogP contribution in [-0.2, 0) is 11.3 Å². The van der Waals surface area contributed by atoms with Crippen LogP contribution in [0, 0.1) is 11.3 Å². The van der Waals surface area contributed by atoms with Gasteiger partial charge in [0.15, 0.2) is 0 Å². The zero-order chi connectivity index (χ0) is 21.5. The van der Waals surface area contributed by atoms with Gasteiger partial charge in [-0.25, -0.2) is 0 Å². The van der Waals surface area contributed by atoms with Crippen molar-refractivity contribution in [3.63, 3.8) is 0 Å². The molecule has 2 heterocycles. The predicted molar refractivity (Wildman–Crippen MR) is 118 cm³/mol. The monoisotopic (exact) mass is 419 g/mol. The normalized spacial score (nSPS) is 19.6. The first-order valence-corrected chi connectivity index (χ1v) is 11.1. The van der Waals surface area contributed by atoms with Gasteiger partial charge >= 0.3 is 0 Å². The van der Waals surface area contributed by atoms with Crippen LogP contribution in [0.15, 0.2) is 48.5 Å². The molecule has 162 valence electrons. The number of amides is 1.